The van der Waals surface area contributed by atoms with E-state index in [-0.39, 0.29) is 16.6 Å². The summed E-state index contributed by atoms with van der Waals surface area (Å²) >= 11 is 3.02. The fourth-order valence-electron chi connectivity index (χ4n) is 1.29. The van der Waals surface area contributed by atoms with Gasteiger partial charge in [0.25, 0.3) is 0 Å². The topological polar surface area (TPSA) is 21.3 Å². The number of ether oxygens (including phenoxy) is 1. The van der Waals surface area contributed by atoms with Crippen molar-refractivity contribution in [1.29, 1.82) is 0 Å². The van der Waals surface area contributed by atoms with Crippen LogP contribution in [0.25, 0.3) is 0 Å². The molecule has 1 aromatic carbocycles. The molecule has 0 spiro atoms. The number of rotatable bonds is 6. The van der Waals surface area contributed by atoms with E-state index in [0.717, 1.165) is 6.42 Å². The molecule has 1 aromatic rings. The standard InChI is InChI=1S/C11H14BrF2NO/c1-16-6-2-5-15-7-8-10(13)4-3-9(12)11(8)14/h3-4,15H,2,5-7H2,1H3. The van der Waals surface area contributed by atoms with E-state index in [9.17, 15) is 8.78 Å². The van der Waals surface area contributed by atoms with Gasteiger partial charge >= 0.3 is 0 Å². The molecule has 0 saturated carbocycles. The Balaban J connectivity index is 2.50. The van der Waals surface area contributed by atoms with Crippen molar-refractivity contribution >= 4 is 15.9 Å². The summed E-state index contributed by atoms with van der Waals surface area (Å²) in [6.07, 6.45) is 0.813. The monoisotopic (exact) mass is 293 g/mol. The van der Waals surface area contributed by atoms with Crippen LogP contribution in [-0.2, 0) is 11.3 Å². The number of hydrogen-bond acceptors (Lipinski definition) is 2. The highest BCUT2D eigenvalue weighted by molar-refractivity contribution is 9.10. The highest BCUT2D eigenvalue weighted by Crippen LogP contribution is 2.21. The largest absolute Gasteiger partial charge is 0.385 e. The molecular weight excluding hydrogens is 280 g/mol. The maximum atomic E-state index is 13.5. The van der Waals surface area contributed by atoms with Gasteiger partial charge in [0.1, 0.15) is 11.6 Å². The van der Waals surface area contributed by atoms with Gasteiger partial charge in [-0.15, -0.1) is 0 Å². The smallest absolute Gasteiger partial charge is 0.144 e. The van der Waals surface area contributed by atoms with Crippen LogP contribution in [0.4, 0.5) is 8.78 Å². The van der Waals surface area contributed by atoms with Crippen molar-refractivity contribution in [3.63, 3.8) is 0 Å². The molecule has 5 heteroatoms. The van der Waals surface area contributed by atoms with Gasteiger partial charge in [-0.1, -0.05) is 0 Å². The molecule has 0 aliphatic rings. The lowest BCUT2D eigenvalue weighted by Gasteiger charge is -2.08. The van der Waals surface area contributed by atoms with E-state index in [1.807, 2.05) is 0 Å². The fraction of sp³-hybridized carbons (Fsp3) is 0.455. The van der Waals surface area contributed by atoms with Crippen molar-refractivity contribution in [3.8, 4) is 0 Å². The van der Waals surface area contributed by atoms with E-state index in [0.29, 0.717) is 13.2 Å². The summed E-state index contributed by atoms with van der Waals surface area (Å²) in [6, 6.07) is 2.61. The van der Waals surface area contributed by atoms with E-state index in [1.165, 1.54) is 12.1 Å². The van der Waals surface area contributed by atoms with Crippen molar-refractivity contribution < 1.29 is 13.5 Å². The Morgan fingerprint density at radius 3 is 2.81 bits per heavy atom. The van der Waals surface area contributed by atoms with Gasteiger partial charge in [-0.05, 0) is 41.0 Å². The lowest BCUT2D eigenvalue weighted by molar-refractivity contribution is 0.194. The molecule has 90 valence electrons. The SMILES string of the molecule is COCCCNCc1c(F)ccc(Br)c1F. The zero-order chi connectivity index (χ0) is 12.0. The van der Waals surface area contributed by atoms with Gasteiger partial charge in [-0.3, -0.25) is 0 Å². The van der Waals surface area contributed by atoms with E-state index >= 15 is 0 Å². The minimum atomic E-state index is -0.542. The molecule has 2 nitrogen and oxygen atoms in total. The normalized spacial score (nSPS) is 10.8. The van der Waals surface area contributed by atoms with Gasteiger partial charge in [0.2, 0.25) is 0 Å². The molecule has 0 radical (unpaired) electrons. The molecule has 0 fully saturated rings. The van der Waals surface area contributed by atoms with Gasteiger partial charge in [-0.25, -0.2) is 8.78 Å². The van der Waals surface area contributed by atoms with Crippen molar-refractivity contribution in [1.82, 2.24) is 5.32 Å². The quantitative estimate of drug-likeness (QED) is 0.643. The first kappa shape index (κ1) is 13.5. The van der Waals surface area contributed by atoms with Crippen LogP contribution in [0, 0.1) is 11.6 Å². The molecule has 16 heavy (non-hydrogen) atoms. The van der Waals surface area contributed by atoms with Crippen LogP contribution >= 0.6 is 15.9 Å². The summed E-state index contributed by atoms with van der Waals surface area (Å²) in [6.45, 7) is 1.48. The van der Waals surface area contributed by atoms with Crippen LogP contribution in [0.1, 0.15) is 12.0 Å². The zero-order valence-corrected chi connectivity index (χ0v) is 10.6. The molecule has 0 saturated heterocycles. The Bertz CT molecular complexity index is 347. The lowest BCUT2D eigenvalue weighted by atomic mass is 10.2. The summed E-state index contributed by atoms with van der Waals surface area (Å²) in [5.74, 6) is -1.07. The first-order chi connectivity index (χ1) is 7.66. The first-order valence-electron chi connectivity index (χ1n) is 4.99. The van der Waals surface area contributed by atoms with Gasteiger partial charge in [-0.2, -0.15) is 0 Å². The molecule has 0 aromatic heterocycles. The van der Waals surface area contributed by atoms with Crippen molar-refractivity contribution in [2.75, 3.05) is 20.3 Å². The second kappa shape index (κ2) is 6.93. The average molecular weight is 294 g/mol. The number of nitrogens with one attached hydrogen (secondary N) is 1. The predicted molar refractivity (Wildman–Crippen MR) is 62.3 cm³/mol. The maximum Gasteiger partial charge on any atom is 0.144 e. The Kier molecular flexibility index (Phi) is 5.87. The molecule has 0 amide bonds. The number of benzene rings is 1. The third-order valence-corrected chi connectivity index (χ3v) is 2.76. The summed E-state index contributed by atoms with van der Waals surface area (Å²) < 4.78 is 31.9. The van der Waals surface area contributed by atoms with Gasteiger partial charge < -0.3 is 10.1 Å². The Hall–Kier alpha value is -0.520. The summed E-state index contributed by atoms with van der Waals surface area (Å²) in [4.78, 5) is 0. The second-order valence-electron chi connectivity index (χ2n) is 3.34. The molecule has 0 unspecified atom stereocenters. The molecule has 0 heterocycles. The van der Waals surface area contributed by atoms with E-state index in [2.05, 4.69) is 21.2 Å². The van der Waals surface area contributed by atoms with Crippen molar-refractivity contribution in [2.45, 2.75) is 13.0 Å². The first-order valence-corrected chi connectivity index (χ1v) is 5.78. The van der Waals surface area contributed by atoms with Crippen molar-refractivity contribution in [3.05, 3.63) is 33.8 Å². The van der Waals surface area contributed by atoms with Gasteiger partial charge in [0.15, 0.2) is 0 Å². The molecule has 0 aliphatic heterocycles. The Morgan fingerprint density at radius 1 is 1.38 bits per heavy atom. The van der Waals surface area contributed by atoms with E-state index in [4.69, 9.17) is 4.74 Å². The Labute approximate surface area is 102 Å². The van der Waals surface area contributed by atoms with Crippen LogP contribution in [-0.4, -0.2) is 20.3 Å². The number of hydrogen-bond donors (Lipinski definition) is 1. The fourth-order valence-corrected chi connectivity index (χ4v) is 1.66. The number of methoxy groups -OCH3 is 1. The van der Waals surface area contributed by atoms with E-state index in [1.54, 1.807) is 7.11 Å². The molecule has 1 rings (SSSR count). The third-order valence-electron chi connectivity index (χ3n) is 2.14. The minimum absolute atomic E-state index is 0.0618. The van der Waals surface area contributed by atoms with Crippen LogP contribution in [0.15, 0.2) is 16.6 Å². The van der Waals surface area contributed by atoms with Crippen LogP contribution in [0.5, 0.6) is 0 Å². The van der Waals surface area contributed by atoms with Gasteiger partial charge in [0, 0.05) is 25.8 Å². The van der Waals surface area contributed by atoms with Crippen LogP contribution in [0.3, 0.4) is 0 Å². The van der Waals surface area contributed by atoms with Crippen LogP contribution in [0.2, 0.25) is 0 Å². The summed E-state index contributed by atoms with van der Waals surface area (Å²) in [5.41, 5.74) is 0.0618. The average Bonchev–Trinajstić information content (AvgIpc) is 2.28. The predicted octanol–water partition coefficient (Wildman–Crippen LogP) is 2.85. The summed E-state index contributed by atoms with van der Waals surface area (Å²) in [5, 5.41) is 2.96. The van der Waals surface area contributed by atoms with Crippen LogP contribution < -0.4 is 5.32 Å². The second-order valence-corrected chi connectivity index (χ2v) is 4.20. The third kappa shape index (κ3) is 3.81. The zero-order valence-electron chi connectivity index (χ0n) is 9.03. The molecule has 0 aliphatic carbocycles. The molecular formula is C11H14BrF2NO. The number of halogens is 3. The molecule has 0 atom stereocenters. The minimum Gasteiger partial charge on any atom is -0.385 e. The molecule has 0 bridgehead atoms. The lowest BCUT2D eigenvalue weighted by Crippen LogP contribution is -2.18. The highest BCUT2D eigenvalue weighted by atomic mass is 79.9. The Morgan fingerprint density at radius 2 is 2.12 bits per heavy atom. The van der Waals surface area contributed by atoms with E-state index < -0.39 is 11.6 Å². The maximum absolute atomic E-state index is 13.5. The summed E-state index contributed by atoms with van der Waals surface area (Å²) in [7, 11) is 1.62. The van der Waals surface area contributed by atoms with Gasteiger partial charge in [0.05, 0.1) is 4.47 Å². The molecule has 1 N–H and O–H groups in total. The highest BCUT2D eigenvalue weighted by Gasteiger charge is 2.11. The van der Waals surface area contributed by atoms with Crippen molar-refractivity contribution in [2.24, 2.45) is 0 Å².